The fourth-order valence-corrected chi connectivity index (χ4v) is 4.56. The van der Waals surface area contributed by atoms with Crippen molar-refractivity contribution < 1.29 is 0 Å². The van der Waals surface area contributed by atoms with Crippen LogP contribution < -0.4 is 0 Å². The summed E-state index contributed by atoms with van der Waals surface area (Å²) < 4.78 is 0. The minimum absolute atomic E-state index is 0.682. The number of rotatable bonds is 1. The maximum atomic E-state index is 2.57. The predicted molar refractivity (Wildman–Crippen MR) is 57.6 cm³/mol. The first kappa shape index (κ1) is 9.55. The topological polar surface area (TPSA) is 0 Å². The normalized spacial score (nSPS) is 55.4. The molecular weight excluding hydrogens is 156 g/mol. The third kappa shape index (κ3) is 1.04. The van der Waals surface area contributed by atoms with Crippen molar-refractivity contribution in [3.63, 3.8) is 0 Å². The van der Waals surface area contributed by atoms with Crippen LogP contribution in [0.5, 0.6) is 0 Å². The van der Waals surface area contributed by atoms with Crippen LogP contribution in [-0.4, -0.2) is 0 Å². The van der Waals surface area contributed by atoms with Crippen molar-refractivity contribution in [3.05, 3.63) is 0 Å². The molecule has 2 rings (SSSR count). The summed E-state index contributed by atoms with van der Waals surface area (Å²) in [4.78, 5) is 0. The fraction of sp³-hybridized carbons (Fsp3) is 1.00. The predicted octanol–water partition coefficient (Wildman–Crippen LogP) is 4.25. The van der Waals surface area contributed by atoms with Crippen LogP contribution in [-0.2, 0) is 0 Å². The van der Waals surface area contributed by atoms with E-state index in [4.69, 9.17) is 0 Å². The lowest BCUT2D eigenvalue weighted by molar-refractivity contribution is 0.0912. The van der Waals surface area contributed by atoms with Gasteiger partial charge in [0.05, 0.1) is 0 Å². The molecule has 0 aromatic heterocycles. The molecule has 0 bridgehead atoms. The van der Waals surface area contributed by atoms with E-state index in [2.05, 4.69) is 27.7 Å². The van der Waals surface area contributed by atoms with E-state index in [0.717, 1.165) is 17.3 Å². The zero-order valence-corrected chi connectivity index (χ0v) is 9.69. The first-order chi connectivity index (χ1) is 6.04. The lowest BCUT2D eigenvalue weighted by atomic mass is 9.65. The van der Waals surface area contributed by atoms with Gasteiger partial charge in [0.25, 0.3) is 0 Å². The molecule has 0 N–H and O–H groups in total. The minimum Gasteiger partial charge on any atom is -0.0648 e. The van der Waals surface area contributed by atoms with Gasteiger partial charge in [0.1, 0.15) is 0 Å². The Morgan fingerprint density at radius 2 is 1.92 bits per heavy atom. The summed E-state index contributed by atoms with van der Waals surface area (Å²) >= 11 is 0. The Hall–Kier alpha value is 0. The van der Waals surface area contributed by atoms with Gasteiger partial charge in [-0.05, 0) is 54.8 Å². The number of hydrogen-bond donors (Lipinski definition) is 0. The van der Waals surface area contributed by atoms with E-state index >= 15 is 0 Å². The molecule has 4 atom stereocenters. The SMILES string of the molecule is CCC12CCC(C)C1(C)CC(C)C2. The molecular formula is C13H24. The van der Waals surface area contributed by atoms with Gasteiger partial charge in [0.15, 0.2) is 0 Å². The molecule has 0 heterocycles. The van der Waals surface area contributed by atoms with Crippen molar-refractivity contribution in [2.75, 3.05) is 0 Å². The van der Waals surface area contributed by atoms with Gasteiger partial charge >= 0.3 is 0 Å². The Balaban J connectivity index is 2.33. The molecule has 13 heavy (non-hydrogen) atoms. The summed E-state index contributed by atoms with van der Waals surface area (Å²) in [6, 6.07) is 0. The molecule has 2 aliphatic rings. The van der Waals surface area contributed by atoms with Gasteiger partial charge in [0.2, 0.25) is 0 Å². The van der Waals surface area contributed by atoms with Crippen LogP contribution in [0.2, 0.25) is 0 Å². The Morgan fingerprint density at radius 3 is 2.46 bits per heavy atom. The Bertz CT molecular complexity index is 202. The van der Waals surface area contributed by atoms with Crippen molar-refractivity contribution >= 4 is 0 Å². The van der Waals surface area contributed by atoms with E-state index in [1.165, 1.54) is 32.1 Å². The lowest BCUT2D eigenvalue weighted by Crippen LogP contribution is -2.32. The second-order valence-electron chi connectivity index (χ2n) is 6.00. The molecule has 4 unspecified atom stereocenters. The molecule has 0 nitrogen and oxygen atoms in total. The molecule has 2 fully saturated rings. The Morgan fingerprint density at radius 1 is 1.23 bits per heavy atom. The van der Waals surface area contributed by atoms with Crippen molar-refractivity contribution in [1.29, 1.82) is 0 Å². The molecule has 0 aliphatic heterocycles. The molecule has 0 aromatic rings. The van der Waals surface area contributed by atoms with E-state index in [1.54, 1.807) is 0 Å². The zero-order chi connectivity index (χ0) is 9.69. The summed E-state index contributed by atoms with van der Waals surface area (Å²) in [5.41, 5.74) is 1.41. The molecule has 0 radical (unpaired) electrons. The second-order valence-corrected chi connectivity index (χ2v) is 6.00. The van der Waals surface area contributed by atoms with Crippen molar-refractivity contribution in [3.8, 4) is 0 Å². The standard InChI is InChI=1S/C13H24/c1-5-13-7-6-11(3)12(13,4)8-10(2)9-13/h10-11H,5-9H2,1-4H3. The highest BCUT2D eigenvalue weighted by Gasteiger charge is 2.58. The first-order valence-corrected chi connectivity index (χ1v) is 6.04. The van der Waals surface area contributed by atoms with Crippen molar-refractivity contribution in [1.82, 2.24) is 0 Å². The maximum absolute atomic E-state index is 2.57. The molecule has 2 saturated carbocycles. The average Bonchev–Trinajstić information content (AvgIpc) is 2.45. The average molecular weight is 180 g/mol. The highest BCUT2D eigenvalue weighted by Crippen LogP contribution is 2.67. The summed E-state index contributed by atoms with van der Waals surface area (Å²) in [6.45, 7) is 9.91. The maximum Gasteiger partial charge on any atom is -0.0241 e. The van der Waals surface area contributed by atoms with Gasteiger partial charge in [-0.15, -0.1) is 0 Å². The highest BCUT2D eigenvalue weighted by atomic mass is 14.6. The monoisotopic (exact) mass is 180 g/mol. The Kier molecular flexibility index (Phi) is 2.02. The van der Waals surface area contributed by atoms with E-state index in [-0.39, 0.29) is 0 Å². The third-order valence-corrected chi connectivity index (χ3v) is 5.54. The summed E-state index contributed by atoms with van der Waals surface area (Å²) in [7, 11) is 0. The van der Waals surface area contributed by atoms with Crippen LogP contribution in [0.25, 0.3) is 0 Å². The molecule has 0 saturated heterocycles. The van der Waals surface area contributed by atoms with Crippen LogP contribution in [0.15, 0.2) is 0 Å². The van der Waals surface area contributed by atoms with E-state index in [0.29, 0.717) is 5.41 Å². The van der Waals surface area contributed by atoms with Crippen LogP contribution in [0.4, 0.5) is 0 Å². The van der Waals surface area contributed by atoms with Crippen molar-refractivity contribution in [2.45, 2.75) is 59.8 Å². The second kappa shape index (κ2) is 2.74. The highest BCUT2D eigenvalue weighted by molar-refractivity contribution is 5.08. The van der Waals surface area contributed by atoms with Crippen LogP contribution in [0, 0.1) is 22.7 Å². The van der Waals surface area contributed by atoms with Crippen LogP contribution in [0.3, 0.4) is 0 Å². The third-order valence-electron chi connectivity index (χ3n) is 5.54. The summed E-state index contributed by atoms with van der Waals surface area (Å²) in [5.74, 6) is 1.95. The molecule has 76 valence electrons. The molecule has 0 amide bonds. The number of hydrogen-bond acceptors (Lipinski definition) is 0. The molecule has 0 spiro atoms. The smallest absolute Gasteiger partial charge is 0.0241 e. The van der Waals surface area contributed by atoms with Gasteiger partial charge in [-0.3, -0.25) is 0 Å². The van der Waals surface area contributed by atoms with Gasteiger partial charge in [0, 0.05) is 0 Å². The largest absolute Gasteiger partial charge is 0.0648 e. The van der Waals surface area contributed by atoms with Gasteiger partial charge in [-0.25, -0.2) is 0 Å². The lowest BCUT2D eigenvalue weighted by Gasteiger charge is -2.40. The van der Waals surface area contributed by atoms with Crippen LogP contribution in [0.1, 0.15) is 59.8 Å². The summed E-state index contributed by atoms with van der Waals surface area (Å²) in [5, 5.41) is 0. The first-order valence-electron chi connectivity index (χ1n) is 6.04. The summed E-state index contributed by atoms with van der Waals surface area (Å²) in [6.07, 6.45) is 7.40. The molecule has 0 aromatic carbocycles. The fourth-order valence-electron chi connectivity index (χ4n) is 4.56. The van der Waals surface area contributed by atoms with E-state index < -0.39 is 0 Å². The number of fused-ring (bicyclic) bond motifs is 1. The Labute approximate surface area is 83.1 Å². The van der Waals surface area contributed by atoms with Gasteiger partial charge in [-0.1, -0.05) is 27.7 Å². The molecule has 0 heteroatoms. The zero-order valence-electron chi connectivity index (χ0n) is 9.69. The van der Waals surface area contributed by atoms with Gasteiger partial charge in [-0.2, -0.15) is 0 Å². The minimum atomic E-state index is 0.682. The quantitative estimate of drug-likeness (QED) is 0.566. The van der Waals surface area contributed by atoms with Gasteiger partial charge < -0.3 is 0 Å². The van der Waals surface area contributed by atoms with Crippen molar-refractivity contribution in [2.24, 2.45) is 22.7 Å². The molecule has 2 aliphatic carbocycles. The van der Waals surface area contributed by atoms with E-state index in [1.807, 2.05) is 0 Å². The van der Waals surface area contributed by atoms with Crippen LogP contribution >= 0.6 is 0 Å². The van der Waals surface area contributed by atoms with E-state index in [9.17, 15) is 0 Å².